The molecule has 4 rings (SSSR count). The van der Waals surface area contributed by atoms with Gasteiger partial charge in [-0.3, -0.25) is 14.4 Å². The summed E-state index contributed by atoms with van der Waals surface area (Å²) in [6, 6.07) is 8.99. The van der Waals surface area contributed by atoms with Gasteiger partial charge in [-0.25, -0.2) is 0 Å². The van der Waals surface area contributed by atoms with Crippen LogP contribution in [0.25, 0.3) is 0 Å². The number of hydrogen-bond acceptors (Lipinski definition) is 11. The number of ether oxygens (including phenoxy) is 4. The molecule has 0 spiro atoms. The molecule has 0 amide bonds. The summed E-state index contributed by atoms with van der Waals surface area (Å²) in [7, 11) is 0. The van der Waals surface area contributed by atoms with E-state index in [4.69, 9.17) is 18.9 Å². The van der Waals surface area contributed by atoms with Crippen LogP contribution in [-0.2, 0) is 19.1 Å². The minimum atomic E-state index is -1.71. The second-order valence-electron chi connectivity index (χ2n) is 8.64. The summed E-state index contributed by atoms with van der Waals surface area (Å²) in [5, 5.41) is 42.1. The molecular formula is C25H26O11. The molecule has 6 atom stereocenters. The van der Waals surface area contributed by atoms with E-state index in [1.54, 1.807) is 24.3 Å². The Kier molecular flexibility index (Phi) is 7.27. The zero-order valence-corrected chi connectivity index (χ0v) is 19.5. The van der Waals surface area contributed by atoms with Gasteiger partial charge in [0.15, 0.2) is 5.78 Å². The van der Waals surface area contributed by atoms with E-state index >= 15 is 0 Å². The molecule has 2 aromatic rings. The number of aromatic hydroxyl groups is 1. The van der Waals surface area contributed by atoms with Gasteiger partial charge in [0.2, 0.25) is 0 Å². The molecule has 0 aromatic heterocycles. The molecular weight excluding hydrogens is 476 g/mol. The molecule has 36 heavy (non-hydrogen) atoms. The van der Waals surface area contributed by atoms with Crippen molar-refractivity contribution >= 4 is 17.7 Å². The Balaban J connectivity index is 1.68. The number of carbonyl (C=O) groups excluding carboxylic acids is 3. The number of phenols is 1. The molecule has 0 radical (unpaired) electrons. The van der Waals surface area contributed by atoms with Crippen molar-refractivity contribution in [1.82, 2.24) is 0 Å². The second kappa shape index (κ2) is 10.2. The molecule has 2 aliphatic rings. The van der Waals surface area contributed by atoms with Crippen molar-refractivity contribution < 1.29 is 53.8 Å². The third-order valence-corrected chi connectivity index (χ3v) is 6.07. The highest BCUT2D eigenvalue weighted by Gasteiger charge is 2.47. The third-order valence-electron chi connectivity index (χ3n) is 6.07. The van der Waals surface area contributed by atoms with Crippen LogP contribution >= 0.6 is 0 Å². The van der Waals surface area contributed by atoms with Gasteiger partial charge >= 0.3 is 11.9 Å². The van der Waals surface area contributed by atoms with Crippen LogP contribution in [0.5, 0.6) is 17.2 Å². The number of hydrogen-bond donors (Lipinski definition) is 4. The van der Waals surface area contributed by atoms with Crippen LogP contribution in [0, 0.1) is 0 Å². The maximum Gasteiger partial charge on any atom is 0.308 e. The van der Waals surface area contributed by atoms with Crippen LogP contribution in [-0.4, -0.2) is 69.2 Å². The molecule has 11 heteroatoms. The summed E-state index contributed by atoms with van der Waals surface area (Å²) in [6.45, 7) is 2.02. The van der Waals surface area contributed by atoms with Crippen molar-refractivity contribution in [1.29, 1.82) is 0 Å². The normalized spacial score (nSPS) is 27.5. The fourth-order valence-corrected chi connectivity index (χ4v) is 4.30. The number of phenolic OH excluding ortho intramolecular Hbond substituents is 1. The fraction of sp³-hybridized carbons (Fsp3) is 0.400. The van der Waals surface area contributed by atoms with Gasteiger partial charge in [-0.05, 0) is 29.8 Å². The van der Waals surface area contributed by atoms with Gasteiger partial charge in [-0.2, -0.15) is 0 Å². The first kappa shape index (κ1) is 25.6. The molecule has 1 saturated heterocycles. The van der Waals surface area contributed by atoms with Crippen LogP contribution in [0.3, 0.4) is 0 Å². The van der Waals surface area contributed by atoms with Crippen LogP contribution in [0.4, 0.5) is 0 Å². The molecule has 0 bridgehead atoms. The Labute approximate surface area is 205 Å². The minimum absolute atomic E-state index is 0.0192. The third kappa shape index (κ3) is 5.05. The molecule has 2 aromatic carbocycles. The van der Waals surface area contributed by atoms with E-state index in [0.29, 0.717) is 11.3 Å². The number of Topliss-reactive ketones (excluding diaryl/α,β-unsaturated/α-hetero) is 1. The van der Waals surface area contributed by atoms with Crippen molar-refractivity contribution in [2.75, 3.05) is 6.61 Å². The molecule has 1 fully saturated rings. The Bertz CT molecular complexity index is 1160. The smallest absolute Gasteiger partial charge is 0.308 e. The Morgan fingerprint density at radius 1 is 0.972 bits per heavy atom. The highest BCUT2D eigenvalue weighted by molar-refractivity contribution is 6.00. The molecule has 2 aliphatic heterocycles. The molecule has 192 valence electrons. The maximum atomic E-state index is 13.0. The lowest BCUT2D eigenvalue weighted by atomic mass is 9.87. The van der Waals surface area contributed by atoms with Crippen molar-refractivity contribution in [3.05, 3.63) is 53.1 Å². The van der Waals surface area contributed by atoms with E-state index in [1.807, 2.05) is 0 Å². The quantitative estimate of drug-likeness (QED) is 0.341. The molecule has 1 unspecified atom stereocenters. The lowest BCUT2D eigenvalue weighted by molar-refractivity contribution is -0.234. The zero-order chi connectivity index (χ0) is 26.1. The highest BCUT2D eigenvalue weighted by Crippen LogP contribution is 2.47. The van der Waals surface area contributed by atoms with Gasteiger partial charge in [0.05, 0.1) is 17.5 Å². The first-order valence-corrected chi connectivity index (χ1v) is 11.2. The maximum absolute atomic E-state index is 13.0. The monoisotopic (exact) mass is 502 g/mol. The number of fused-ring (bicyclic) bond motifs is 1. The predicted octanol–water partition coefficient (Wildman–Crippen LogP) is 1.11. The summed E-state index contributed by atoms with van der Waals surface area (Å²) in [5.74, 6) is -1.51. The van der Waals surface area contributed by atoms with Gasteiger partial charge < -0.3 is 39.4 Å². The number of carbonyl (C=O) groups is 3. The van der Waals surface area contributed by atoms with E-state index < -0.39 is 55.2 Å². The number of ketones is 1. The van der Waals surface area contributed by atoms with Gasteiger partial charge in [0.1, 0.15) is 60.5 Å². The Hall–Kier alpha value is -3.51. The number of aliphatic hydroxyl groups excluding tert-OH is 3. The fourth-order valence-electron chi connectivity index (χ4n) is 4.30. The van der Waals surface area contributed by atoms with E-state index in [-0.39, 0.29) is 34.8 Å². The molecule has 11 nitrogen and oxygen atoms in total. The number of benzene rings is 2. The van der Waals surface area contributed by atoms with Crippen molar-refractivity contribution in [3.63, 3.8) is 0 Å². The number of aliphatic hydroxyl groups is 3. The lowest BCUT2D eigenvalue weighted by Crippen LogP contribution is -2.55. The van der Waals surface area contributed by atoms with Crippen molar-refractivity contribution in [2.24, 2.45) is 0 Å². The number of esters is 2. The Morgan fingerprint density at radius 2 is 1.67 bits per heavy atom. The molecule has 2 heterocycles. The number of rotatable bonds is 5. The van der Waals surface area contributed by atoms with Crippen LogP contribution in [0.1, 0.15) is 54.0 Å². The summed E-state index contributed by atoms with van der Waals surface area (Å²) < 4.78 is 21.8. The van der Waals surface area contributed by atoms with E-state index in [1.165, 1.54) is 19.1 Å². The van der Waals surface area contributed by atoms with Crippen LogP contribution in [0.15, 0.2) is 36.4 Å². The minimum Gasteiger partial charge on any atom is -0.507 e. The average Bonchev–Trinajstić information content (AvgIpc) is 2.82. The van der Waals surface area contributed by atoms with Gasteiger partial charge in [-0.15, -0.1) is 0 Å². The lowest BCUT2D eigenvalue weighted by Gasteiger charge is -2.41. The van der Waals surface area contributed by atoms with E-state index in [2.05, 4.69) is 0 Å². The van der Waals surface area contributed by atoms with E-state index in [9.17, 15) is 34.8 Å². The van der Waals surface area contributed by atoms with Gasteiger partial charge in [0, 0.05) is 13.8 Å². The summed E-state index contributed by atoms with van der Waals surface area (Å²) >= 11 is 0. The predicted molar refractivity (Wildman–Crippen MR) is 120 cm³/mol. The first-order valence-electron chi connectivity index (χ1n) is 11.2. The highest BCUT2D eigenvalue weighted by atomic mass is 16.6. The average molecular weight is 502 g/mol. The molecule has 0 saturated carbocycles. The topological polar surface area (TPSA) is 169 Å². The first-order chi connectivity index (χ1) is 17.1. The standard InChI is InChI=1S/C25H26O11/c1-11(26)33-10-19-21(30)22(31)23(32)25(36-19)20-16(28)8-7-15-17(29)9-18(35-24(15)20)13-3-5-14(6-4-13)34-12(2)27/h3-8,18-19,21-23,25,28,30-32H,9-10H2,1-2H3/t18?,19-,21-,22+,23-,25-/m1/s1. The zero-order valence-electron chi connectivity index (χ0n) is 19.5. The van der Waals surface area contributed by atoms with Gasteiger partial charge in [0.25, 0.3) is 0 Å². The molecule has 4 N–H and O–H groups in total. The second-order valence-corrected chi connectivity index (χ2v) is 8.64. The Morgan fingerprint density at radius 3 is 2.31 bits per heavy atom. The van der Waals surface area contributed by atoms with E-state index in [0.717, 1.165) is 6.92 Å². The summed E-state index contributed by atoms with van der Waals surface area (Å²) in [5.41, 5.74) is 0.643. The van der Waals surface area contributed by atoms with Crippen LogP contribution in [0.2, 0.25) is 0 Å². The van der Waals surface area contributed by atoms with Crippen LogP contribution < -0.4 is 9.47 Å². The van der Waals surface area contributed by atoms with Crippen molar-refractivity contribution in [3.8, 4) is 17.2 Å². The molecule has 0 aliphatic carbocycles. The SMILES string of the molecule is CC(=O)OC[C@H]1O[C@H](c2c(O)ccc3c2OC(c2ccc(OC(C)=O)cc2)CC3=O)[C@H](O)[C@@H](O)[C@@H]1O. The largest absolute Gasteiger partial charge is 0.507 e. The van der Waals surface area contributed by atoms with Gasteiger partial charge in [-0.1, -0.05) is 12.1 Å². The van der Waals surface area contributed by atoms with Crippen molar-refractivity contribution in [2.45, 2.75) is 56.9 Å². The summed E-state index contributed by atoms with van der Waals surface area (Å²) in [4.78, 5) is 35.4. The summed E-state index contributed by atoms with van der Waals surface area (Å²) in [6.07, 6.45) is -8.42.